The van der Waals surface area contributed by atoms with Crippen molar-refractivity contribution in [3.05, 3.63) is 35.9 Å². The van der Waals surface area contributed by atoms with Crippen LogP contribution in [0.25, 0.3) is 0 Å². The van der Waals surface area contributed by atoms with Gasteiger partial charge in [-0.15, -0.1) is 0 Å². The minimum Gasteiger partial charge on any atom is -0.357 e. The predicted molar refractivity (Wildman–Crippen MR) is 89.8 cm³/mol. The van der Waals surface area contributed by atoms with Crippen molar-refractivity contribution >= 4 is 5.96 Å². The van der Waals surface area contributed by atoms with Crippen molar-refractivity contribution in [3.8, 4) is 0 Å². The monoisotopic (exact) mass is 288 g/mol. The van der Waals surface area contributed by atoms with E-state index in [9.17, 15) is 0 Å². The standard InChI is InChI=1S/C17H28N4/c1-3-18-17(20-14-16-10-7-13-21(16)2)19-12-11-15-8-5-4-6-9-15/h4-6,8-9,16H,3,7,10-14H2,1-2H3,(H2,18,19,20). The molecule has 0 bridgehead atoms. The molecule has 1 unspecified atom stereocenters. The summed E-state index contributed by atoms with van der Waals surface area (Å²) in [6, 6.07) is 11.2. The molecule has 1 fully saturated rings. The second kappa shape index (κ2) is 8.67. The van der Waals surface area contributed by atoms with E-state index in [1.807, 2.05) is 0 Å². The molecule has 2 N–H and O–H groups in total. The van der Waals surface area contributed by atoms with E-state index in [4.69, 9.17) is 4.99 Å². The molecular weight excluding hydrogens is 260 g/mol. The minimum absolute atomic E-state index is 0.606. The third kappa shape index (κ3) is 5.38. The van der Waals surface area contributed by atoms with Crippen molar-refractivity contribution < 1.29 is 0 Å². The first-order valence-electron chi connectivity index (χ1n) is 8.06. The molecule has 0 aromatic heterocycles. The molecule has 1 atom stereocenters. The Morgan fingerprint density at radius 2 is 2.10 bits per heavy atom. The maximum Gasteiger partial charge on any atom is 0.191 e. The molecule has 1 saturated heterocycles. The molecule has 4 heteroatoms. The summed E-state index contributed by atoms with van der Waals surface area (Å²) in [4.78, 5) is 7.14. The van der Waals surface area contributed by atoms with E-state index in [1.54, 1.807) is 0 Å². The van der Waals surface area contributed by atoms with Gasteiger partial charge in [-0.05, 0) is 45.3 Å². The highest BCUT2D eigenvalue weighted by Crippen LogP contribution is 2.14. The Bertz CT molecular complexity index is 430. The van der Waals surface area contributed by atoms with Crippen molar-refractivity contribution in [2.45, 2.75) is 32.2 Å². The summed E-state index contributed by atoms with van der Waals surface area (Å²) in [6.45, 7) is 6.01. The molecule has 0 amide bonds. The minimum atomic E-state index is 0.606. The summed E-state index contributed by atoms with van der Waals surface area (Å²) in [7, 11) is 2.20. The summed E-state index contributed by atoms with van der Waals surface area (Å²) >= 11 is 0. The van der Waals surface area contributed by atoms with Crippen LogP contribution in [0, 0.1) is 0 Å². The van der Waals surface area contributed by atoms with Crippen molar-refractivity contribution in [3.63, 3.8) is 0 Å². The fourth-order valence-electron chi connectivity index (χ4n) is 2.72. The Labute approximate surface area is 128 Å². The molecule has 0 spiro atoms. The number of aliphatic imine (C=N–C) groups is 1. The molecule has 0 aliphatic carbocycles. The lowest BCUT2D eigenvalue weighted by atomic mass is 10.1. The van der Waals surface area contributed by atoms with Crippen LogP contribution in [0.4, 0.5) is 0 Å². The van der Waals surface area contributed by atoms with E-state index in [0.29, 0.717) is 6.04 Å². The summed E-state index contributed by atoms with van der Waals surface area (Å²) in [5, 5.41) is 6.76. The summed E-state index contributed by atoms with van der Waals surface area (Å²) in [6.07, 6.45) is 3.59. The highest BCUT2D eigenvalue weighted by atomic mass is 15.2. The molecule has 1 aliphatic rings. The zero-order valence-corrected chi connectivity index (χ0v) is 13.3. The Morgan fingerprint density at radius 3 is 2.76 bits per heavy atom. The molecule has 1 aliphatic heterocycles. The Kier molecular flexibility index (Phi) is 6.54. The molecule has 4 nitrogen and oxygen atoms in total. The van der Waals surface area contributed by atoms with E-state index in [2.05, 4.69) is 59.8 Å². The number of likely N-dealkylation sites (tertiary alicyclic amines) is 1. The number of hydrogen-bond acceptors (Lipinski definition) is 2. The van der Waals surface area contributed by atoms with E-state index in [0.717, 1.165) is 32.0 Å². The largest absolute Gasteiger partial charge is 0.357 e. The lowest BCUT2D eigenvalue weighted by molar-refractivity contribution is 0.317. The van der Waals surface area contributed by atoms with Crippen molar-refractivity contribution in [1.82, 2.24) is 15.5 Å². The highest BCUT2D eigenvalue weighted by Gasteiger charge is 2.20. The van der Waals surface area contributed by atoms with Gasteiger partial charge in [0.2, 0.25) is 0 Å². The molecule has 1 heterocycles. The number of nitrogens with zero attached hydrogens (tertiary/aromatic N) is 2. The highest BCUT2D eigenvalue weighted by molar-refractivity contribution is 5.79. The lowest BCUT2D eigenvalue weighted by Crippen LogP contribution is -2.39. The fourth-order valence-corrected chi connectivity index (χ4v) is 2.72. The van der Waals surface area contributed by atoms with Gasteiger partial charge in [-0.1, -0.05) is 30.3 Å². The molecule has 0 radical (unpaired) electrons. The summed E-state index contributed by atoms with van der Waals surface area (Å²) < 4.78 is 0. The first-order chi connectivity index (χ1) is 10.3. The normalized spacial score (nSPS) is 19.7. The molecule has 1 aromatic carbocycles. The fraction of sp³-hybridized carbons (Fsp3) is 0.588. The van der Waals surface area contributed by atoms with Gasteiger partial charge in [0.1, 0.15) is 0 Å². The third-order valence-corrected chi connectivity index (χ3v) is 4.02. The maximum absolute atomic E-state index is 4.73. The number of nitrogens with one attached hydrogen (secondary N) is 2. The molecular formula is C17H28N4. The van der Waals surface area contributed by atoms with Gasteiger partial charge < -0.3 is 15.5 Å². The van der Waals surface area contributed by atoms with E-state index in [1.165, 1.54) is 24.9 Å². The van der Waals surface area contributed by atoms with Crippen LogP contribution in [-0.2, 0) is 6.42 Å². The third-order valence-electron chi connectivity index (χ3n) is 4.02. The number of benzene rings is 1. The van der Waals surface area contributed by atoms with E-state index < -0.39 is 0 Å². The van der Waals surface area contributed by atoms with Crippen LogP contribution in [-0.4, -0.2) is 50.1 Å². The SMILES string of the molecule is CCNC(=NCC1CCCN1C)NCCc1ccccc1. The molecule has 116 valence electrons. The van der Waals surface area contributed by atoms with Gasteiger partial charge >= 0.3 is 0 Å². The van der Waals surface area contributed by atoms with E-state index in [-0.39, 0.29) is 0 Å². The molecule has 0 saturated carbocycles. The first-order valence-corrected chi connectivity index (χ1v) is 8.06. The van der Waals surface area contributed by atoms with Crippen LogP contribution < -0.4 is 10.6 Å². The Balaban J connectivity index is 1.78. The molecule has 21 heavy (non-hydrogen) atoms. The Hall–Kier alpha value is -1.55. The Morgan fingerprint density at radius 1 is 1.29 bits per heavy atom. The predicted octanol–water partition coefficient (Wildman–Crippen LogP) is 1.88. The van der Waals surface area contributed by atoms with Gasteiger partial charge in [0.05, 0.1) is 6.54 Å². The average Bonchev–Trinajstić information content (AvgIpc) is 2.91. The van der Waals surface area contributed by atoms with Gasteiger partial charge in [0.15, 0.2) is 5.96 Å². The van der Waals surface area contributed by atoms with Crippen LogP contribution >= 0.6 is 0 Å². The maximum atomic E-state index is 4.73. The quantitative estimate of drug-likeness (QED) is 0.620. The zero-order chi connectivity index (χ0) is 14.9. The molecule has 2 rings (SSSR count). The van der Waals surface area contributed by atoms with Crippen LogP contribution in [0.2, 0.25) is 0 Å². The van der Waals surface area contributed by atoms with Gasteiger partial charge in [-0.2, -0.15) is 0 Å². The van der Waals surface area contributed by atoms with Gasteiger partial charge in [-0.25, -0.2) is 0 Å². The smallest absolute Gasteiger partial charge is 0.191 e. The zero-order valence-electron chi connectivity index (χ0n) is 13.3. The van der Waals surface area contributed by atoms with Crippen LogP contribution in [0.5, 0.6) is 0 Å². The van der Waals surface area contributed by atoms with Gasteiger partial charge in [-0.3, -0.25) is 4.99 Å². The second-order valence-electron chi connectivity index (χ2n) is 5.66. The van der Waals surface area contributed by atoms with Crippen LogP contribution in [0.1, 0.15) is 25.3 Å². The van der Waals surface area contributed by atoms with Crippen LogP contribution in [0.3, 0.4) is 0 Å². The summed E-state index contributed by atoms with van der Waals surface area (Å²) in [5.74, 6) is 0.939. The van der Waals surface area contributed by atoms with Gasteiger partial charge in [0.25, 0.3) is 0 Å². The lowest BCUT2D eigenvalue weighted by Gasteiger charge is -2.18. The average molecular weight is 288 g/mol. The summed E-state index contributed by atoms with van der Waals surface area (Å²) in [5.41, 5.74) is 1.36. The second-order valence-corrected chi connectivity index (χ2v) is 5.66. The van der Waals surface area contributed by atoms with Gasteiger partial charge in [0, 0.05) is 19.1 Å². The van der Waals surface area contributed by atoms with Crippen molar-refractivity contribution in [2.75, 3.05) is 33.2 Å². The topological polar surface area (TPSA) is 39.7 Å². The van der Waals surface area contributed by atoms with E-state index >= 15 is 0 Å². The molecule has 1 aromatic rings. The van der Waals surface area contributed by atoms with Crippen LogP contribution in [0.15, 0.2) is 35.3 Å². The van der Waals surface area contributed by atoms with Crippen molar-refractivity contribution in [1.29, 1.82) is 0 Å². The number of rotatable bonds is 6. The first kappa shape index (κ1) is 15.8. The number of likely N-dealkylation sites (N-methyl/N-ethyl adjacent to an activating group) is 1. The van der Waals surface area contributed by atoms with Crippen molar-refractivity contribution in [2.24, 2.45) is 4.99 Å². The number of hydrogen-bond donors (Lipinski definition) is 2. The number of guanidine groups is 1.